The molecule has 31 heavy (non-hydrogen) atoms. The third-order valence-electron chi connectivity index (χ3n) is 5.17. The Morgan fingerprint density at radius 3 is 2.48 bits per heavy atom. The van der Waals surface area contributed by atoms with Gasteiger partial charge in [-0.3, -0.25) is 10.1 Å². The van der Waals surface area contributed by atoms with E-state index in [1.54, 1.807) is 26.4 Å². The van der Waals surface area contributed by atoms with E-state index in [4.69, 9.17) is 14.2 Å². The Balaban J connectivity index is 1.48. The van der Waals surface area contributed by atoms with E-state index < -0.39 is 6.09 Å². The summed E-state index contributed by atoms with van der Waals surface area (Å²) in [6.07, 6.45) is 2.29. The summed E-state index contributed by atoms with van der Waals surface area (Å²) in [5.41, 5.74) is 1.28. The van der Waals surface area contributed by atoms with Crippen LogP contribution in [0.5, 0.6) is 11.5 Å². The van der Waals surface area contributed by atoms with Crippen molar-refractivity contribution in [2.45, 2.75) is 44.2 Å². The number of hydrogen-bond acceptors (Lipinski definition) is 5. The number of ether oxygens (including phenoxy) is 3. The molecule has 2 aromatic rings. The largest absolute Gasteiger partial charge is 0.493 e. The number of rotatable bonds is 7. The summed E-state index contributed by atoms with van der Waals surface area (Å²) in [5, 5.41) is 5.62. The second kappa shape index (κ2) is 10.7. The summed E-state index contributed by atoms with van der Waals surface area (Å²) in [4.78, 5) is 24.6. The van der Waals surface area contributed by atoms with Crippen molar-refractivity contribution < 1.29 is 28.2 Å². The fourth-order valence-corrected chi connectivity index (χ4v) is 3.67. The quantitative estimate of drug-likeness (QED) is 0.692. The first-order valence-corrected chi connectivity index (χ1v) is 10.2. The molecule has 0 heterocycles. The smallest absolute Gasteiger partial charge is 0.411 e. The molecule has 1 aliphatic carbocycles. The maximum atomic E-state index is 13.0. The molecule has 0 radical (unpaired) electrons. The van der Waals surface area contributed by atoms with Crippen molar-refractivity contribution in [3.05, 3.63) is 53.8 Å². The van der Waals surface area contributed by atoms with Gasteiger partial charge in [-0.15, -0.1) is 0 Å². The fourth-order valence-electron chi connectivity index (χ4n) is 3.67. The Kier molecular flexibility index (Phi) is 7.70. The van der Waals surface area contributed by atoms with Crippen LogP contribution in [0.4, 0.5) is 14.9 Å². The van der Waals surface area contributed by atoms with Gasteiger partial charge in [0.05, 0.1) is 20.6 Å². The van der Waals surface area contributed by atoms with Crippen LogP contribution in [-0.2, 0) is 16.0 Å². The predicted octanol–water partition coefficient (Wildman–Crippen LogP) is 4.06. The van der Waals surface area contributed by atoms with E-state index in [0.717, 1.165) is 24.8 Å². The van der Waals surface area contributed by atoms with E-state index in [1.807, 2.05) is 6.07 Å². The summed E-state index contributed by atoms with van der Waals surface area (Å²) in [5.74, 6) is 0.704. The molecule has 0 aliphatic heterocycles. The molecule has 0 bridgehead atoms. The third-order valence-corrected chi connectivity index (χ3v) is 5.17. The van der Waals surface area contributed by atoms with Crippen molar-refractivity contribution in [3.8, 4) is 11.5 Å². The molecule has 166 valence electrons. The topological polar surface area (TPSA) is 85.9 Å². The third kappa shape index (κ3) is 6.60. The van der Waals surface area contributed by atoms with E-state index in [1.165, 1.54) is 24.3 Å². The van der Waals surface area contributed by atoms with Gasteiger partial charge in [-0.25, -0.2) is 9.18 Å². The van der Waals surface area contributed by atoms with Gasteiger partial charge < -0.3 is 19.5 Å². The predicted molar refractivity (Wildman–Crippen MR) is 114 cm³/mol. The van der Waals surface area contributed by atoms with Crippen LogP contribution >= 0.6 is 0 Å². The molecule has 8 heteroatoms. The Labute approximate surface area is 180 Å². The van der Waals surface area contributed by atoms with Gasteiger partial charge in [0.25, 0.3) is 0 Å². The SMILES string of the molecule is COc1ccc(CC(=O)NC2CCCC(OC(=O)Nc3ccc(F)cc3)C2)cc1OC. The van der Waals surface area contributed by atoms with Gasteiger partial charge >= 0.3 is 6.09 Å². The van der Waals surface area contributed by atoms with Gasteiger partial charge in [0.2, 0.25) is 5.91 Å². The van der Waals surface area contributed by atoms with Gasteiger partial charge in [-0.1, -0.05) is 6.07 Å². The van der Waals surface area contributed by atoms with Gasteiger partial charge in [0.15, 0.2) is 11.5 Å². The molecule has 1 aliphatic rings. The first-order valence-electron chi connectivity index (χ1n) is 10.2. The molecule has 2 aromatic carbocycles. The van der Waals surface area contributed by atoms with Gasteiger partial charge in [-0.05, 0) is 61.2 Å². The number of benzene rings is 2. The number of carbonyl (C=O) groups excluding carboxylic acids is 2. The molecule has 2 amide bonds. The average molecular weight is 430 g/mol. The molecule has 0 saturated heterocycles. The highest BCUT2D eigenvalue weighted by atomic mass is 19.1. The molecule has 2 N–H and O–H groups in total. The molecule has 1 fully saturated rings. The van der Waals surface area contributed by atoms with E-state index in [-0.39, 0.29) is 30.3 Å². The van der Waals surface area contributed by atoms with E-state index in [2.05, 4.69) is 10.6 Å². The van der Waals surface area contributed by atoms with Crippen LogP contribution in [0.2, 0.25) is 0 Å². The highest BCUT2D eigenvalue weighted by Gasteiger charge is 2.26. The Bertz CT molecular complexity index is 903. The molecular formula is C23H27FN2O5. The van der Waals surface area contributed by atoms with Crippen LogP contribution in [0.15, 0.2) is 42.5 Å². The minimum absolute atomic E-state index is 0.0648. The number of carbonyl (C=O) groups is 2. The first kappa shape index (κ1) is 22.4. The zero-order valence-electron chi connectivity index (χ0n) is 17.7. The normalized spacial score (nSPS) is 18.0. The fraction of sp³-hybridized carbons (Fsp3) is 0.391. The molecule has 7 nitrogen and oxygen atoms in total. The molecule has 0 aromatic heterocycles. The van der Waals surface area contributed by atoms with Crippen molar-refractivity contribution in [3.63, 3.8) is 0 Å². The zero-order chi connectivity index (χ0) is 22.2. The molecule has 1 saturated carbocycles. The first-order chi connectivity index (χ1) is 15.0. The van der Waals surface area contributed by atoms with E-state index >= 15 is 0 Å². The lowest BCUT2D eigenvalue weighted by atomic mass is 9.92. The molecule has 2 atom stereocenters. The number of halogens is 1. The van der Waals surface area contributed by atoms with Crippen LogP contribution in [0.3, 0.4) is 0 Å². The summed E-state index contributed by atoms with van der Waals surface area (Å²) in [7, 11) is 3.11. The summed E-state index contributed by atoms with van der Waals surface area (Å²) in [6, 6.07) is 10.8. The Hall–Kier alpha value is -3.29. The maximum Gasteiger partial charge on any atom is 0.411 e. The van der Waals surface area contributed by atoms with Crippen LogP contribution < -0.4 is 20.1 Å². The molecule has 2 unspecified atom stereocenters. The van der Waals surface area contributed by atoms with Gasteiger partial charge in [0, 0.05) is 18.2 Å². The number of nitrogens with one attached hydrogen (secondary N) is 2. The number of methoxy groups -OCH3 is 2. The average Bonchev–Trinajstić information content (AvgIpc) is 2.75. The lowest BCUT2D eigenvalue weighted by Gasteiger charge is -2.29. The summed E-state index contributed by atoms with van der Waals surface area (Å²) >= 11 is 0. The van der Waals surface area contributed by atoms with Crippen LogP contribution in [-0.4, -0.2) is 38.4 Å². The van der Waals surface area contributed by atoms with E-state index in [0.29, 0.717) is 23.6 Å². The van der Waals surface area contributed by atoms with Crippen LogP contribution in [0.25, 0.3) is 0 Å². The second-order valence-corrected chi connectivity index (χ2v) is 7.46. The molecular weight excluding hydrogens is 403 g/mol. The lowest BCUT2D eigenvalue weighted by molar-refractivity contribution is -0.121. The Morgan fingerprint density at radius 2 is 1.77 bits per heavy atom. The summed E-state index contributed by atoms with van der Waals surface area (Å²) in [6.45, 7) is 0. The number of hydrogen-bond donors (Lipinski definition) is 2. The van der Waals surface area contributed by atoms with Crippen molar-refractivity contribution in [2.24, 2.45) is 0 Å². The molecule has 3 rings (SSSR count). The Morgan fingerprint density at radius 1 is 1.03 bits per heavy atom. The second-order valence-electron chi connectivity index (χ2n) is 7.46. The minimum atomic E-state index is -0.589. The zero-order valence-corrected chi connectivity index (χ0v) is 17.7. The van der Waals surface area contributed by atoms with Crippen molar-refractivity contribution in [1.29, 1.82) is 0 Å². The van der Waals surface area contributed by atoms with Crippen LogP contribution in [0.1, 0.15) is 31.2 Å². The monoisotopic (exact) mass is 430 g/mol. The lowest BCUT2D eigenvalue weighted by Crippen LogP contribution is -2.41. The highest BCUT2D eigenvalue weighted by Crippen LogP contribution is 2.28. The highest BCUT2D eigenvalue weighted by molar-refractivity contribution is 5.84. The number of amides is 2. The van der Waals surface area contributed by atoms with Gasteiger partial charge in [-0.2, -0.15) is 0 Å². The molecule has 0 spiro atoms. The summed E-state index contributed by atoms with van der Waals surface area (Å²) < 4.78 is 28.9. The van der Waals surface area contributed by atoms with Crippen LogP contribution in [0, 0.1) is 5.82 Å². The van der Waals surface area contributed by atoms with Crippen molar-refractivity contribution >= 4 is 17.7 Å². The maximum absolute atomic E-state index is 13.0. The minimum Gasteiger partial charge on any atom is -0.493 e. The standard InChI is InChI=1S/C23H27FN2O5/c1-29-20-11-6-15(12-21(20)30-2)13-22(27)25-18-4-3-5-19(14-18)31-23(28)26-17-9-7-16(24)8-10-17/h6-12,18-19H,3-5,13-14H2,1-2H3,(H,25,27)(H,26,28). The van der Waals surface area contributed by atoms with Gasteiger partial charge in [0.1, 0.15) is 11.9 Å². The number of anilines is 1. The van der Waals surface area contributed by atoms with E-state index in [9.17, 15) is 14.0 Å². The van der Waals surface area contributed by atoms with Crippen molar-refractivity contribution in [1.82, 2.24) is 5.32 Å². The van der Waals surface area contributed by atoms with Crippen molar-refractivity contribution in [2.75, 3.05) is 19.5 Å².